The lowest BCUT2D eigenvalue weighted by Crippen LogP contribution is -2.26. The summed E-state index contributed by atoms with van der Waals surface area (Å²) in [4.78, 5) is 28.4. The highest BCUT2D eigenvalue weighted by molar-refractivity contribution is 7.51. The molecule has 11 nitrogen and oxygen atoms in total. The monoisotopic (exact) mass is 400 g/mol. The van der Waals surface area contributed by atoms with Gasteiger partial charge in [0.25, 0.3) is 17.4 Å². The van der Waals surface area contributed by atoms with Crippen molar-refractivity contribution in [2.75, 3.05) is 27.5 Å². The molecule has 2 unspecified atom stereocenters. The van der Waals surface area contributed by atoms with Crippen molar-refractivity contribution < 1.29 is 28.4 Å². The number of nitro groups is 1. The Morgan fingerprint density at radius 2 is 1.93 bits per heavy atom. The molecule has 0 aliphatic heterocycles. The Kier molecular flexibility index (Phi) is 6.66. The summed E-state index contributed by atoms with van der Waals surface area (Å²) >= 11 is 0. The lowest BCUT2D eigenvalue weighted by atomic mass is 10.0. The van der Waals surface area contributed by atoms with Gasteiger partial charge in [0, 0.05) is 24.8 Å². The number of aromatic nitrogens is 2. The number of aryl methyl sites for hydroxylation is 1. The van der Waals surface area contributed by atoms with Crippen LogP contribution in [0.5, 0.6) is 11.8 Å². The maximum absolute atomic E-state index is 11.2. The van der Waals surface area contributed by atoms with Gasteiger partial charge in [0.1, 0.15) is 5.52 Å². The second-order valence-corrected chi connectivity index (χ2v) is 7.73. The van der Waals surface area contributed by atoms with Crippen LogP contribution in [-0.2, 0) is 15.5 Å². The summed E-state index contributed by atoms with van der Waals surface area (Å²) in [6, 6.07) is 2.16. The number of ether oxygens (including phenoxy) is 2. The summed E-state index contributed by atoms with van der Waals surface area (Å²) in [7, 11) is -0.814. The van der Waals surface area contributed by atoms with Gasteiger partial charge in [0.15, 0.2) is 0 Å². The summed E-state index contributed by atoms with van der Waals surface area (Å²) < 4.78 is 26.2. The number of benzene rings is 1. The third kappa shape index (κ3) is 5.57. The van der Waals surface area contributed by atoms with Gasteiger partial charge in [-0.15, -0.1) is 0 Å². The van der Waals surface area contributed by atoms with Crippen molar-refractivity contribution in [1.29, 1.82) is 0 Å². The average molecular weight is 400 g/mol. The van der Waals surface area contributed by atoms with Crippen molar-refractivity contribution in [1.82, 2.24) is 9.97 Å². The van der Waals surface area contributed by atoms with Crippen LogP contribution in [0.3, 0.4) is 0 Å². The van der Waals surface area contributed by atoms with Crippen LogP contribution in [0.4, 0.5) is 5.69 Å². The maximum Gasteiger partial charge on any atom is 0.325 e. The van der Waals surface area contributed by atoms with Gasteiger partial charge in [0.2, 0.25) is 0 Å². The number of non-ortho nitro benzene ring substituents is 1. The second kappa shape index (κ2) is 8.57. The molecular weight excluding hydrogens is 379 g/mol. The minimum atomic E-state index is -3.62. The molecule has 1 aromatic heterocycles. The summed E-state index contributed by atoms with van der Waals surface area (Å²) in [6.07, 6.45) is 0.679. The van der Waals surface area contributed by atoms with Gasteiger partial charge in [-0.3, -0.25) is 14.7 Å². The van der Waals surface area contributed by atoms with Crippen LogP contribution in [0.1, 0.15) is 12.0 Å². The largest absolute Gasteiger partial charge is 0.477 e. The molecule has 3 N–H and O–H groups in total. The van der Waals surface area contributed by atoms with Crippen molar-refractivity contribution in [3.63, 3.8) is 0 Å². The highest BCUT2D eigenvalue weighted by Gasteiger charge is 2.19. The Bertz CT molecular complexity index is 886. The van der Waals surface area contributed by atoms with E-state index in [0.717, 1.165) is 6.66 Å². The molecule has 1 aromatic carbocycles. The number of hydrogen-bond acceptors (Lipinski definition) is 9. The smallest absolute Gasteiger partial charge is 0.325 e. The zero-order valence-electron chi connectivity index (χ0n) is 15.1. The summed E-state index contributed by atoms with van der Waals surface area (Å²) in [6.45, 7) is 0.961. The Hall–Kier alpha value is -2.33. The molecule has 1 heterocycles. The number of nitrogens with zero attached hydrogens (tertiary/aromatic N) is 3. The van der Waals surface area contributed by atoms with Crippen molar-refractivity contribution in [3.05, 3.63) is 27.8 Å². The molecule has 0 fully saturated rings. The van der Waals surface area contributed by atoms with E-state index in [0.29, 0.717) is 23.9 Å². The molecule has 0 saturated carbocycles. The summed E-state index contributed by atoms with van der Waals surface area (Å²) in [5.41, 5.74) is 7.02. The van der Waals surface area contributed by atoms with E-state index in [1.165, 1.54) is 26.4 Å². The lowest BCUT2D eigenvalue weighted by molar-refractivity contribution is -0.384. The van der Waals surface area contributed by atoms with E-state index in [1.807, 2.05) is 0 Å². The van der Waals surface area contributed by atoms with E-state index >= 15 is 0 Å². The van der Waals surface area contributed by atoms with E-state index in [9.17, 15) is 14.7 Å². The minimum absolute atomic E-state index is 0.111. The number of hydrogen-bond donors (Lipinski definition) is 2. The molecule has 27 heavy (non-hydrogen) atoms. The van der Waals surface area contributed by atoms with E-state index in [1.54, 1.807) is 0 Å². The molecule has 0 aliphatic carbocycles. The first-order valence-corrected chi connectivity index (χ1v) is 9.94. The quantitative estimate of drug-likeness (QED) is 0.360. The zero-order chi connectivity index (χ0) is 20.2. The second-order valence-electron chi connectivity index (χ2n) is 5.87. The molecule has 2 atom stereocenters. The van der Waals surface area contributed by atoms with Crippen LogP contribution in [0.15, 0.2) is 12.1 Å². The topological polar surface area (TPSA) is 160 Å². The Morgan fingerprint density at radius 3 is 2.48 bits per heavy atom. The maximum atomic E-state index is 11.2. The van der Waals surface area contributed by atoms with Gasteiger partial charge in [0.05, 0.1) is 31.3 Å². The summed E-state index contributed by atoms with van der Waals surface area (Å²) in [5.74, 6) is 0.267. The molecule has 2 rings (SSSR count). The van der Waals surface area contributed by atoms with E-state index in [2.05, 4.69) is 9.97 Å². The molecule has 2 aromatic rings. The van der Waals surface area contributed by atoms with Gasteiger partial charge in [-0.05, 0) is 18.4 Å². The van der Waals surface area contributed by atoms with Crippen molar-refractivity contribution in [3.8, 4) is 11.8 Å². The first-order chi connectivity index (χ1) is 12.6. The first kappa shape index (κ1) is 21.0. The standard InChI is InChI=1S/C15H21N4O7P/c1-24-14-15(25-2)18-13-9(4-5-10(16)8-26-27(3,22)23)6-11(19(20)21)7-12(13)17-14/h6-7,10H,4-5,8,16H2,1-3H3,(H,22,23). The Morgan fingerprint density at radius 1 is 1.30 bits per heavy atom. The van der Waals surface area contributed by atoms with Crippen LogP contribution < -0.4 is 15.2 Å². The predicted octanol–water partition coefficient (Wildman–Crippen LogP) is 1.65. The fraction of sp³-hybridized carbons (Fsp3) is 0.467. The fourth-order valence-corrected chi connectivity index (χ4v) is 2.87. The molecule has 0 aliphatic rings. The highest BCUT2D eigenvalue weighted by atomic mass is 31.2. The molecule has 148 valence electrons. The van der Waals surface area contributed by atoms with E-state index in [4.69, 9.17) is 24.6 Å². The van der Waals surface area contributed by atoms with Crippen LogP contribution >= 0.6 is 7.60 Å². The van der Waals surface area contributed by atoms with Crippen LogP contribution in [0, 0.1) is 10.1 Å². The number of nitrogens with two attached hydrogens (primary N) is 1. The van der Waals surface area contributed by atoms with Crippen molar-refractivity contribution in [2.24, 2.45) is 5.73 Å². The van der Waals surface area contributed by atoms with E-state index < -0.39 is 18.6 Å². The van der Waals surface area contributed by atoms with Crippen LogP contribution in [-0.4, -0.2) is 53.3 Å². The van der Waals surface area contributed by atoms with Crippen LogP contribution in [0.25, 0.3) is 11.0 Å². The SMILES string of the molecule is COc1nc2cc([N+](=O)[O-])cc(CCC(N)COP(C)(=O)O)c2nc1OC. The molecule has 0 bridgehead atoms. The normalized spacial score (nSPS) is 14.6. The Balaban J connectivity index is 2.35. The fourth-order valence-electron chi connectivity index (χ4n) is 2.40. The number of methoxy groups -OCH3 is 2. The molecule has 0 spiro atoms. The molecule has 0 radical (unpaired) electrons. The number of rotatable bonds is 9. The van der Waals surface area contributed by atoms with Gasteiger partial charge in [-0.2, -0.15) is 0 Å². The third-order valence-electron chi connectivity index (χ3n) is 3.68. The predicted molar refractivity (Wildman–Crippen MR) is 97.3 cm³/mol. The van der Waals surface area contributed by atoms with E-state index in [-0.39, 0.29) is 29.6 Å². The van der Waals surface area contributed by atoms with Gasteiger partial charge >= 0.3 is 7.60 Å². The molecule has 0 amide bonds. The molecule has 12 heteroatoms. The Labute approximate surface area is 155 Å². The lowest BCUT2D eigenvalue weighted by Gasteiger charge is -2.14. The van der Waals surface area contributed by atoms with Gasteiger partial charge in [-0.1, -0.05) is 0 Å². The zero-order valence-corrected chi connectivity index (χ0v) is 16.0. The van der Waals surface area contributed by atoms with Crippen molar-refractivity contribution in [2.45, 2.75) is 18.9 Å². The number of fused-ring (bicyclic) bond motifs is 1. The van der Waals surface area contributed by atoms with Crippen LogP contribution in [0.2, 0.25) is 0 Å². The third-order valence-corrected chi connectivity index (χ3v) is 4.31. The summed E-state index contributed by atoms with van der Waals surface area (Å²) in [5, 5.41) is 11.2. The molecule has 0 saturated heterocycles. The first-order valence-electron chi connectivity index (χ1n) is 7.92. The highest BCUT2D eigenvalue weighted by Crippen LogP contribution is 2.36. The number of nitro benzene ring substituents is 1. The van der Waals surface area contributed by atoms with Gasteiger partial charge in [-0.25, -0.2) is 9.97 Å². The average Bonchev–Trinajstić information content (AvgIpc) is 2.62. The molecular formula is C15H21N4O7P. The minimum Gasteiger partial charge on any atom is -0.477 e. The van der Waals surface area contributed by atoms with Crippen molar-refractivity contribution >= 4 is 24.3 Å². The van der Waals surface area contributed by atoms with Gasteiger partial charge < -0.3 is 24.6 Å².